The minimum absolute atomic E-state index is 0.0148. The Morgan fingerprint density at radius 1 is 1.03 bits per heavy atom. The maximum absolute atomic E-state index is 13.1. The molecule has 35 heavy (non-hydrogen) atoms. The fourth-order valence-electron chi connectivity index (χ4n) is 4.70. The van der Waals surface area contributed by atoms with Crippen molar-refractivity contribution < 1.29 is 19.1 Å². The van der Waals surface area contributed by atoms with E-state index in [0.29, 0.717) is 43.2 Å². The molecular weight excluding hydrogens is 442 g/mol. The Balaban J connectivity index is 1.35. The molecule has 2 amide bonds. The lowest BCUT2D eigenvalue weighted by molar-refractivity contribution is -0.118. The molecule has 1 N–H and O–H groups in total. The van der Waals surface area contributed by atoms with Crippen LogP contribution in [0.4, 0.5) is 5.69 Å². The molecule has 7 heteroatoms. The Hall–Kier alpha value is -3.84. The zero-order valence-electron chi connectivity index (χ0n) is 20.0. The normalized spacial score (nSPS) is 18.2. The van der Waals surface area contributed by atoms with Gasteiger partial charge in [-0.25, -0.2) is 0 Å². The Morgan fingerprint density at radius 3 is 2.69 bits per heavy atom. The summed E-state index contributed by atoms with van der Waals surface area (Å²) in [5.41, 5.74) is 4.34. The minimum atomic E-state index is -0.0944. The molecule has 1 fully saturated rings. The summed E-state index contributed by atoms with van der Waals surface area (Å²) < 4.78 is 11.5. The predicted molar refractivity (Wildman–Crippen MR) is 135 cm³/mol. The van der Waals surface area contributed by atoms with Crippen LogP contribution >= 0.6 is 0 Å². The van der Waals surface area contributed by atoms with Gasteiger partial charge in [-0.1, -0.05) is 35.9 Å². The highest BCUT2D eigenvalue weighted by Gasteiger charge is 2.33. The van der Waals surface area contributed by atoms with Crippen molar-refractivity contribution in [2.45, 2.75) is 13.0 Å². The van der Waals surface area contributed by atoms with Crippen molar-refractivity contribution in [3.63, 3.8) is 0 Å². The van der Waals surface area contributed by atoms with Crippen LogP contribution < -0.4 is 14.8 Å². The highest BCUT2D eigenvalue weighted by Crippen LogP contribution is 2.33. The van der Waals surface area contributed by atoms with Gasteiger partial charge in [-0.2, -0.15) is 0 Å². The number of methoxy groups -OCH3 is 1. The SMILES string of the molecule is COc1cccc(-c2ccc3c(c2)NC(=O)CN2CCN(C(=O)c4cccc(C)c4)C[C@@H]2CO3)c1. The van der Waals surface area contributed by atoms with Gasteiger partial charge in [0.05, 0.1) is 25.4 Å². The summed E-state index contributed by atoms with van der Waals surface area (Å²) in [7, 11) is 1.64. The molecule has 0 aliphatic carbocycles. The van der Waals surface area contributed by atoms with Crippen LogP contribution in [0.5, 0.6) is 11.5 Å². The van der Waals surface area contributed by atoms with Crippen molar-refractivity contribution in [2.75, 3.05) is 45.2 Å². The third-order valence-electron chi connectivity index (χ3n) is 6.59. The van der Waals surface area contributed by atoms with Gasteiger partial charge >= 0.3 is 0 Å². The van der Waals surface area contributed by atoms with Crippen LogP contribution in [-0.2, 0) is 4.79 Å². The number of ether oxygens (including phenoxy) is 2. The first kappa shape index (κ1) is 22.9. The standard InChI is InChI=1S/C28H29N3O4/c1-19-5-3-7-22(13-19)28(33)31-12-11-30-17-27(32)29-25-15-21(20-6-4-8-24(14-20)34-2)9-10-26(25)35-18-23(30)16-31/h3-10,13-15,23H,11-12,16-18H2,1-2H3,(H,29,32)/t23-/m1/s1. The van der Waals surface area contributed by atoms with Gasteiger partial charge in [0.15, 0.2) is 0 Å². The number of rotatable bonds is 3. The Morgan fingerprint density at radius 2 is 1.86 bits per heavy atom. The highest BCUT2D eigenvalue weighted by atomic mass is 16.5. The molecule has 0 unspecified atom stereocenters. The first-order valence-electron chi connectivity index (χ1n) is 11.8. The first-order chi connectivity index (χ1) is 17.0. The molecule has 7 nitrogen and oxygen atoms in total. The van der Waals surface area contributed by atoms with Crippen LogP contribution in [0.15, 0.2) is 66.7 Å². The van der Waals surface area contributed by atoms with Crippen molar-refractivity contribution in [3.05, 3.63) is 77.9 Å². The van der Waals surface area contributed by atoms with E-state index >= 15 is 0 Å². The molecule has 180 valence electrons. The molecule has 2 aliphatic heterocycles. The average Bonchev–Trinajstić information content (AvgIpc) is 2.94. The highest BCUT2D eigenvalue weighted by molar-refractivity contribution is 5.95. The van der Waals surface area contributed by atoms with E-state index in [0.717, 1.165) is 22.4 Å². The molecule has 1 atom stereocenters. The summed E-state index contributed by atoms with van der Waals surface area (Å²) >= 11 is 0. The van der Waals surface area contributed by atoms with Crippen molar-refractivity contribution in [2.24, 2.45) is 0 Å². The molecule has 3 aromatic carbocycles. The lowest BCUT2D eigenvalue weighted by atomic mass is 10.0. The van der Waals surface area contributed by atoms with Crippen LogP contribution in [0, 0.1) is 6.92 Å². The monoisotopic (exact) mass is 471 g/mol. The quantitative estimate of drug-likeness (QED) is 0.629. The maximum Gasteiger partial charge on any atom is 0.253 e. The fraction of sp³-hybridized carbons (Fsp3) is 0.286. The minimum Gasteiger partial charge on any atom is -0.497 e. The van der Waals surface area contributed by atoms with Gasteiger partial charge in [0.1, 0.15) is 18.1 Å². The number of carbonyl (C=O) groups is 2. The summed E-state index contributed by atoms with van der Waals surface area (Å²) in [6, 6.07) is 21.2. The van der Waals surface area contributed by atoms with Crippen LogP contribution in [-0.4, -0.2) is 67.6 Å². The zero-order chi connectivity index (χ0) is 24.4. The largest absolute Gasteiger partial charge is 0.497 e. The van der Waals surface area contributed by atoms with E-state index in [1.165, 1.54) is 0 Å². The lowest BCUT2D eigenvalue weighted by Gasteiger charge is -2.40. The molecule has 0 bridgehead atoms. The van der Waals surface area contributed by atoms with Crippen LogP contribution in [0.25, 0.3) is 11.1 Å². The topological polar surface area (TPSA) is 71.1 Å². The molecule has 2 heterocycles. The zero-order valence-corrected chi connectivity index (χ0v) is 20.0. The summed E-state index contributed by atoms with van der Waals surface area (Å²) in [6.07, 6.45) is 0. The molecule has 3 aromatic rings. The van der Waals surface area contributed by atoms with Gasteiger partial charge in [-0.3, -0.25) is 14.5 Å². The van der Waals surface area contributed by atoms with Crippen LogP contribution in [0.1, 0.15) is 15.9 Å². The van der Waals surface area contributed by atoms with E-state index in [9.17, 15) is 9.59 Å². The molecule has 0 spiro atoms. The molecule has 2 aliphatic rings. The van der Waals surface area contributed by atoms with Crippen molar-refractivity contribution in [3.8, 4) is 22.6 Å². The van der Waals surface area contributed by atoms with Crippen molar-refractivity contribution in [1.82, 2.24) is 9.80 Å². The predicted octanol–water partition coefficient (Wildman–Crippen LogP) is 3.83. The van der Waals surface area contributed by atoms with E-state index < -0.39 is 0 Å². The lowest BCUT2D eigenvalue weighted by Crippen LogP contribution is -2.57. The smallest absolute Gasteiger partial charge is 0.253 e. The number of hydrogen-bond acceptors (Lipinski definition) is 5. The Kier molecular flexibility index (Phi) is 6.42. The number of piperazine rings is 1. The summed E-state index contributed by atoms with van der Waals surface area (Å²) in [5, 5.41) is 3.02. The Bertz CT molecular complexity index is 1260. The fourth-order valence-corrected chi connectivity index (χ4v) is 4.70. The second-order valence-corrected chi connectivity index (χ2v) is 9.05. The van der Waals surface area contributed by atoms with Gasteiger partial charge in [-0.15, -0.1) is 0 Å². The summed E-state index contributed by atoms with van der Waals surface area (Å²) in [5.74, 6) is 1.31. The average molecular weight is 472 g/mol. The Labute approximate surface area is 205 Å². The number of amides is 2. The van der Waals surface area contributed by atoms with E-state index in [4.69, 9.17) is 9.47 Å². The van der Waals surface area contributed by atoms with Gasteiger partial charge in [-0.05, 0) is 54.4 Å². The number of hydrogen-bond donors (Lipinski definition) is 1. The number of carbonyl (C=O) groups excluding carboxylic acids is 2. The second-order valence-electron chi connectivity index (χ2n) is 9.05. The summed E-state index contributed by atoms with van der Waals surface area (Å²) in [6.45, 7) is 4.32. The van der Waals surface area contributed by atoms with Gasteiger partial charge in [0.25, 0.3) is 5.91 Å². The van der Waals surface area contributed by atoms with Crippen LogP contribution in [0.2, 0.25) is 0 Å². The molecular formula is C28H29N3O4. The maximum atomic E-state index is 13.1. The number of fused-ring (bicyclic) bond motifs is 2. The summed E-state index contributed by atoms with van der Waals surface area (Å²) in [4.78, 5) is 30.0. The number of benzene rings is 3. The number of anilines is 1. The van der Waals surface area contributed by atoms with Crippen molar-refractivity contribution in [1.29, 1.82) is 0 Å². The van der Waals surface area contributed by atoms with E-state index in [-0.39, 0.29) is 24.4 Å². The van der Waals surface area contributed by atoms with Crippen LogP contribution in [0.3, 0.4) is 0 Å². The number of nitrogens with zero attached hydrogens (tertiary/aromatic N) is 2. The van der Waals surface area contributed by atoms with E-state index in [1.807, 2.05) is 78.6 Å². The third kappa shape index (κ3) is 5.00. The molecule has 1 saturated heterocycles. The first-order valence-corrected chi connectivity index (χ1v) is 11.8. The van der Waals surface area contributed by atoms with Gasteiger partial charge in [0, 0.05) is 25.2 Å². The van der Waals surface area contributed by atoms with Gasteiger partial charge in [0.2, 0.25) is 5.91 Å². The third-order valence-corrected chi connectivity index (χ3v) is 6.59. The molecule has 0 saturated carbocycles. The number of nitrogens with one attached hydrogen (secondary N) is 1. The molecule has 0 radical (unpaired) electrons. The molecule has 5 rings (SSSR count). The van der Waals surface area contributed by atoms with E-state index in [2.05, 4.69) is 10.2 Å². The number of aryl methyl sites for hydroxylation is 1. The second kappa shape index (κ2) is 9.80. The van der Waals surface area contributed by atoms with Gasteiger partial charge < -0.3 is 19.7 Å². The molecule has 0 aromatic heterocycles. The van der Waals surface area contributed by atoms with Crippen molar-refractivity contribution >= 4 is 17.5 Å². The van der Waals surface area contributed by atoms with E-state index in [1.54, 1.807) is 7.11 Å².